The van der Waals surface area contributed by atoms with Gasteiger partial charge in [0.05, 0.1) is 0 Å². The van der Waals surface area contributed by atoms with Gasteiger partial charge in [-0.05, 0) is 0 Å². The first-order chi connectivity index (χ1) is 10.0. The first-order valence-electron chi connectivity index (χ1n) is 7.44. The van der Waals surface area contributed by atoms with Gasteiger partial charge in [-0.15, -0.1) is 0 Å². The molecule has 0 saturated carbocycles. The zero-order chi connectivity index (χ0) is 17.4. The van der Waals surface area contributed by atoms with Gasteiger partial charge in [0.25, 0.3) is 0 Å². The van der Waals surface area contributed by atoms with Gasteiger partial charge in [0, 0.05) is 0 Å². The van der Waals surface area contributed by atoms with E-state index in [1.54, 1.807) is 0 Å². The second-order valence-electron chi connectivity index (χ2n) is 6.06. The first-order valence-corrected chi connectivity index (χ1v) is 25.4. The number of halogens is 2. The molecule has 2 aromatic carbocycles. The van der Waals surface area contributed by atoms with Crippen molar-refractivity contribution in [1.82, 2.24) is 0 Å². The molecule has 0 nitrogen and oxygen atoms in total. The summed E-state index contributed by atoms with van der Waals surface area (Å²) in [7, 11) is 10.6. The van der Waals surface area contributed by atoms with Gasteiger partial charge in [0.1, 0.15) is 0 Å². The average molecular weight is 479 g/mol. The van der Waals surface area contributed by atoms with E-state index >= 15 is 0 Å². The topological polar surface area (TPSA) is 0 Å². The predicted molar refractivity (Wildman–Crippen MR) is 102 cm³/mol. The molecule has 0 fully saturated rings. The summed E-state index contributed by atoms with van der Waals surface area (Å²) in [5, 5.41) is 0. The van der Waals surface area contributed by atoms with Crippen LogP contribution in [-0.4, -0.2) is 9.98 Å². The van der Waals surface area contributed by atoms with Crippen LogP contribution < -0.4 is 0 Å². The van der Waals surface area contributed by atoms with Crippen molar-refractivity contribution in [3.8, 4) is 0 Å². The second kappa shape index (κ2) is 11.3. The fraction of sp³-hybridized carbons (Fsp3) is 0.444. The molecule has 0 atom stereocenters. The minimum atomic E-state index is -1.59. The second-order valence-corrected chi connectivity index (χ2v) is 44.0. The zero-order valence-electron chi connectivity index (χ0n) is 15.1. The SMILES string of the molecule is Cc1cc(C)c(C)[cH-]1.Cc1cc(C)c(C)[cH-]1.[CH3][Ge]([CH3])=[Zr]([Cl])[Cl]. The van der Waals surface area contributed by atoms with E-state index in [4.69, 9.17) is 17.0 Å². The van der Waals surface area contributed by atoms with Crippen LogP contribution in [0.1, 0.15) is 33.4 Å². The average Bonchev–Trinajstić information content (AvgIpc) is 2.82. The molecule has 0 aliphatic heterocycles. The summed E-state index contributed by atoms with van der Waals surface area (Å²) >= 11 is -1.59. The Morgan fingerprint density at radius 3 is 1.09 bits per heavy atom. The molecule has 0 saturated heterocycles. The van der Waals surface area contributed by atoms with Crippen LogP contribution in [0.5, 0.6) is 0 Å². The van der Waals surface area contributed by atoms with Crippen LogP contribution in [-0.2, 0) is 16.2 Å². The maximum absolute atomic E-state index is 5.65. The van der Waals surface area contributed by atoms with Gasteiger partial charge in [-0.3, -0.25) is 0 Å². The normalized spacial score (nSPS) is 9.36. The predicted octanol–water partition coefficient (Wildman–Crippen LogP) is 6.82. The first kappa shape index (κ1) is 22.7. The molecule has 0 spiro atoms. The van der Waals surface area contributed by atoms with Gasteiger partial charge in [0.2, 0.25) is 0 Å². The number of hydrogen-bond acceptors (Lipinski definition) is 0. The van der Waals surface area contributed by atoms with E-state index in [0.29, 0.717) is 0 Å². The van der Waals surface area contributed by atoms with Gasteiger partial charge < -0.3 is 0 Å². The zero-order valence-corrected chi connectivity index (χ0v) is 21.1. The Morgan fingerprint density at radius 1 is 0.773 bits per heavy atom. The molecule has 2 rings (SSSR count). The Labute approximate surface area is 152 Å². The van der Waals surface area contributed by atoms with Crippen molar-refractivity contribution in [2.45, 2.75) is 53.1 Å². The van der Waals surface area contributed by atoms with E-state index in [1.807, 2.05) is 0 Å². The molecule has 0 heterocycles. The van der Waals surface area contributed by atoms with Crippen molar-refractivity contribution in [1.29, 1.82) is 0 Å². The maximum atomic E-state index is 5.65. The van der Waals surface area contributed by atoms with Gasteiger partial charge in [-0.1, -0.05) is 41.5 Å². The van der Waals surface area contributed by atoms with E-state index in [2.05, 4.69) is 77.3 Å². The van der Waals surface area contributed by atoms with Crippen molar-refractivity contribution in [2.75, 3.05) is 0 Å². The van der Waals surface area contributed by atoms with E-state index in [9.17, 15) is 0 Å². The Morgan fingerprint density at radius 2 is 1.05 bits per heavy atom. The molecule has 4 heteroatoms. The molecule has 0 radical (unpaired) electrons. The van der Waals surface area contributed by atoms with Crippen LogP contribution in [0.25, 0.3) is 0 Å². The molecule has 22 heavy (non-hydrogen) atoms. The van der Waals surface area contributed by atoms with Crippen LogP contribution in [0.2, 0.25) is 11.5 Å². The monoisotopic (exact) mass is 478 g/mol. The number of aryl methyl sites for hydroxylation is 6. The van der Waals surface area contributed by atoms with Crippen LogP contribution >= 0.6 is 17.0 Å². The third-order valence-corrected chi connectivity index (χ3v) is 37.9. The summed E-state index contributed by atoms with van der Waals surface area (Å²) in [4.78, 5) is 0. The summed E-state index contributed by atoms with van der Waals surface area (Å²) in [5.74, 6) is 4.46. The van der Waals surface area contributed by atoms with Gasteiger partial charge in [-0.25, -0.2) is 12.1 Å². The summed E-state index contributed by atoms with van der Waals surface area (Å²) in [5.41, 5.74) is 8.37. The third-order valence-electron chi connectivity index (χ3n) is 3.40. The van der Waals surface area contributed by atoms with Crippen LogP contribution in [0, 0.1) is 41.5 Å². The number of hydrogen-bond donors (Lipinski definition) is 0. The molecular formula is C18H28Cl2GeZr-2. The van der Waals surface area contributed by atoms with Crippen LogP contribution in [0.3, 0.4) is 0 Å². The van der Waals surface area contributed by atoms with E-state index in [-0.39, 0.29) is 0 Å². The molecule has 0 aliphatic carbocycles. The molecule has 0 amide bonds. The summed E-state index contributed by atoms with van der Waals surface area (Å²) in [6.07, 6.45) is 0. The van der Waals surface area contributed by atoms with Gasteiger partial charge in [0.15, 0.2) is 0 Å². The molecule has 124 valence electrons. The molecule has 0 aromatic heterocycles. The van der Waals surface area contributed by atoms with Gasteiger partial charge in [-0.2, -0.15) is 45.5 Å². The van der Waals surface area contributed by atoms with Gasteiger partial charge >= 0.3 is 54.8 Å². The van der Waals surface area contributed by atoms with Crippen molar-refractivity contribution in [3.63, 3.8) is 0 Å². The van der Waals surface area contributed by atoms with Crippen molar-refractivity contribution in [2.24, 2.45) is 0 Å². The summed E-state index contributed by atoms with van der Waals surface area (Å²) in [6, 6.07) is 8.81. The Bertz CT molecular complexity index is 520. The Kier molecular flexibility index (Phi) is 11.7. The molecule has 2 aromatic rings. The summed E-state index contributed by atoms with van der Waals surface area (Å²) < 4.78 is 0. The van der Waals surface area contributed by atoms with E-state index < -0.39 is 26.2 Å². The van der Waals surface area contributed by atoms with Crippen LogP contribution in [0.15, 0.2) is 24.3 Å². The van der Waals surface area contributed by atoms with E-state index in [0.717, 1.165) is 0 Å². The Balaban J connectivity index is 0.000000306. The number of rotatable bonds is 0. The molecule has 0 bridgehead atoms. The van der Waals surface area contributed by atoms with E-state index in [1.165, 1.54) is 33.4 Å². The third kappa shape index (κ3) is 9.76. The van der Waals surface area contributed by atoms with Crippen molar-refractivity contribution < 1.29 is 16.2 Å². The van der Waals surface area contributed by atoms with Crippen molar-refractivity contribution >= 4 is 27.0 Å². The minimum absolute atomic E-state index is 0.735. The standard InChI is InChI=1S/2C8H11.C2H6Ge.2ClH.Zr/c2*1-6-4-7(2)8(3)5-6;1-3-2;;;/h2*4-5H,1-3H3;1-2H3;2*1H;/q2*-1;;;;+2/p-2. The fourth-order valence-electron chi connectivity index (χ4n) is 1.90. The van der Waals surface area contributed by atoms with Crippen molar-refractivity contribution in [3.05, 3.63) is 57.6 Å². The quantitative estimate of drug-likeness (QED) is 0.287. The molecule has 0 aliphatic rings. The summed E-state index contributed by atoms with van der Waals surface area (Å²) in [6.45, 7) is 12.8. The Hall–Kier alpha value is 0.706. The fourth-order valence-corrected chi connectivity index (χ4v) is 1.90. The molecule has 0 N–H and O–H groups in total. The molecule has 0 unspecified atom stereocenters. The van der Waals surface area contributed by atoms with Crippen LogP contribution in [0.4, 0.5) is 0 Å². The molecular weight excluding hydrogens is 451 g/mol.